The molecule has 0 saturated carbocycles. The van der Waals surface area contributed by atoms with Crippen molar-refractivity contribution in [2.45, 2.75) is 26.4 Å². The van der Waals surface area contributed by atoms with Crippen LogP contribution in [-0.4, -0.2) is 24.1 Å². The summed E-state index contributed by atoms with van der Waals surface area (Å²) in [6.07, 6.45) is -0.478. The molecule has 0 saturated heterocycles. The first-order valence-electron chi connectivity index (χ1n) is 5.68. The fourth-order valence-electron chi connectivity index (χ4n) is 1.74. The summed E-state index contributed by atoms with van der Waals surface area (Å²) in [5.74, 6) is 0. The quantitative estimate of drug-likeness (QED) is 0.648. The molecule has 1 aromatic heterocycles. The molecule has 19 heavy (non-hydrogen) atoms. The van der Waals surface area contributed by atoms with E-state index in [-0.39, 0.29) is 0 Å². The van der Waals surface area contributed by atoms with E-state index in [0.29, 0.717) is 11.1 Å². The molecule has 2 radical (unpaired) electrons. The van der Waals surface area contributed by atoms with E-state index in [2.05, 4.69) is 31.9 Å². The zero-order chi connectivity index (χ0) is 14.4. The molecular weight excluding hydrogens is 373 g/mol. The molecule has 1 heterocycles. The van der Waals surface area contributed by atoms with E-state index in [9.17, 15) is 4.79 Å². The first-order valence-corrected chi connectivity index (χ1v) is 7.27. The molecule has 0 aliphatic rings. The normalized spacial score (nSPS) is 11.8. The Labute approximate surface area is 130 Å². The molecule has 0 amide bonds. The van der Waals surface area contributed by atoms with Crippen LogP contribution >= 0.6 is 31.9 Å². The van der Waals surface area contributed by atoms with Gasteiger partial charge < -0.3 is 4.74 Å². The summed E-state index contributed by atoms with van der Waals surface area (Å²) in [5, 5.41) is 0.874. The number of fused-ring (bicyclic) bond motifs is 1. The predicted octanol–water partition coefficient (Wildman–Crippen LogP) is 3.74. The number of nitrogens with zero attached hydrogens (tertiary/aromatic N) is 1. The van der Waals surface area contributed by atoms with Crippen molar-refractivity contribution in [3.05, 3.63) is 27.1 Å². The van der Waals surface area contributed by atoms with E-state index in [1.54, 1.807) is 6.07 Å². The Hall–Kier alpha value is -0.745. The Balaban J connectivity index is 2.57. The standard InChI is InChI=1S/C13H12BBr2NO2/c1-13(2,3)19-12(18)17-10-6-9(16)8(15)4-7(10)5-11(17)14/h4-6H,1-3H3. The molecule has 98 valence electrons. The van der Waals surface area contributed by atoms with Crippen LogP contribution in [0.2, 0.25) is 0 Å². The van der Waals surface area contributed by atoms with Gasteiger partial charge in [0, 0.05) is 14.3 Å². The number of ether oxygens (including phenoxy) is 1. The lowest BCUT2D eigenvalue weighted by molar-refractivity contribution is 0.0549. The highest BCUT2D eigenvalue weighted by Crippen LogP contribution is 2.29. The second-order valence-electron chi connectivity index (χ2n) is 5.21. The lowest BCUT2D eigenvalue weighted by atomic mass is 10.1. The third kappa shape index (κ3) is 3.05. The molecule has 2 rings (SSSR count). The van der Waals surface area contributed by atoms with E-state index in [0.717, 1.165) is 14.3 Å². The largest absolute Gasteiger partial charge is 0.443 e. The van der Waals surface area contributed by atoms with Crippen LogP contribution in [-0.2, 0) is 4.74 Å². The maximum atomic E-state index is 12.2. The number of carbonyl (C=O) groups is 1. The molecule has 0 spiro atoms. The molecule has 0 aliphatic heterocycles. The fourth-order valence-corrected chi connectivity index (χ4v) is 2.43. The first-order chi connectivity index (χ1) is 8.69. The molecular formula is C13H12BBr2NO2. The summed E-state index contributed by atoms with van der Waals surface area (Å²) in [7, 11) is 5.90. The van der Waals surface area contributed by atoms with Gasteiger partial charge in [0.2, 0.25) is 0 Å². The lowest BCUT2D eigenvalue weighted by Crippen LogP contribution is -2.32. The summed E-state index contributed by atoms with van der Waals surface area (Å²) in [5.41, 5.74) is 0.503. The SMILES string of the molecule is [B]c1cc2cc(Br)c(Br)cc2n1C(=O)OC(C)(C)C. The van der Waals surface area contributed by atoms with Gasteiger partial charge in [-0.1, -0.05) is 0 Å². The third-order valence-electron chi connectivity index (χ3n) is 2.45. The third-order valence-corrected chi connectivity index (χ3v) is 4.29. The van der Waals surface area contributed by atoms with Crippen molar-refractivity contribution in [1.82, 2.24) is 4.57 Å². The average Bonchev–Trinajstić information content (AvgIpc) is 2.52. The van der Waals surface area contributed by atoms with Gasteiger partial charge in [-0.05, 0) is 76.4 Å². The number of halogens is 2. The summed E-state index contributed by atoms with van der Waals surface area (Å²) < 4.78 is 8.48. The molecule has 0 N–H and O–H groups in total. The molecule has 0 fully saturated rings. The van der Waals surface area contributed by atoms with Crippen molar-refractivity contribution in [3.8, 4) is 0 Å². The topological polar surface area (TPSA) is 31.2 Å². The van der Waals surface area contributed by atoms with Crippen molar-refractivity contribution in [1.29, 1.82) is 0 Å². The van der Waals surface area contributed by atoms with Gasteiger partial charge in [-0.15, -0.1) is 0 Å². The van der Waals surface area contributed by atoms with Crippen LogP contribution in [0.5, 0.6) is 0 Å². The van der Waals surface area contributed by atoms with Crippen molar-refractivity contribution >= 4 is 62.3 Å². The number of hydrogen-bond donors (Lipinski definition) is 0. The Morgan fingerprint density at radius 1 is 1.21 bits per heavy atom. The first kappa shape index (κ1) is 14.7. The van der Waals surface area contributed by atoms with Crippen LogP contribution in [0.4, 0.5) is 4.79 Å². The second kappa shape index (κ2) is 4.98. The minimum absolute atomic E-state index is 0.356. The minimum atomic E-state index is -0.563. The summed E-state index contributed by atoms with van der Waals surface area (Å²) in [6, 6.07) is 5.48. The maximum Gasteiger partial charge on any atom is 0.418 e. The van der Waals surface area contributed by atoms with Crippen LogP contribution in [0.3, 0.4) is 0 Å². The Morgan fingerprint density at radius 3 is 2.37 bits per heavy atom. The second-order valence-corrected chi connectivity index (χ2v) is 6.92. The molecule has 1 aromatic carbocycles. The van der Waals surface area contributed by atoms with Crippen molar-refractivity contribution < 1.29 is 9.53 Å². The van der Waals surface area contributed by atoms with Crippen LogP contribution < -0.4 is 5.59 Å². The molecule has 0 unspecified atom stereocenters. The van der Waals surface area contributed by atoms with Gasteiger partial charge >= 0.3 is 6.09 Å². The van der Waals surface area contributed by atoms with Crippen molar-refractivity contribution in [2.75, 3.05) is 0 Å². The van der Waals surface area contributed by atoms with E-state index < -0.39 is 11.7 Å². The molecule has 0 aliphatic carbocycles. The van der Waals surface area contributed by atoms with E-state index >= 15 is 0 Å². The Kier molecular flexibility index (Phi) is 3.84. The molecule has 2 aromatic rings. The average molecular weight is 385 g/mol. The highest BCUT2D eigenvalue weighted by atomic mass is 79.9. The highest BCUT2D eigenvalue weighted by molar-refractivity contribution is 9.13. The highest BCUT2D eigenvalue weighted by Gasteiger charge is 2.21. The predicted molar refractivity (Wildman–Crippen MR) is 84.4 cm³/mol. The Bertz CT molecular complexity index is 659. The maximum absolute atomic E-state index is 12.2. The van der Waals surface area contributed by atoms with Gasteiger partial charge in [-0.2, -0.15) is 0 Å². The van der Waals surface area contributed by atoms with Crippen LogP contribution in [0.15, 0.2) is 27.1 Å². The van der Waals surface area contributed by atoms with Gasteiger partial charge in [0.05, 0.1) is 5.52 Å². The van der Waals surface area contributed by atoms with E-state index in [4.69, 9.17) is 12.6 Å². The smallest absolute Gasteiger partial charge is 0.418 e. The lowest BCUT2D eigenvalue weighted by Gasteiger charge is -2.20. The van der Waals surface area contributed by atoms with E-state index in [1.165, 1.54) is 4.57 Å². The van der Waals surface area contributed by atoms with Gasteiger partial charge in [-0.3, -0.25) is 4.57 Å². The number of benzene rings is 1. The monoisotopic (exact) mass is 383 g/mol. The van der Waals surface area contributed by atoms with Gasteiger partial charge in [0.15, 0.2) is 0 Å². The number of hydrogen-bond acceptors (Lipinski definition) is 2. The zero-order valence-corrected chi connectivity index (χ0v) is 14.0. The van der Waals surface area contributed by atoms with Crippen LogP contribution in [0.1, 0.15) is 20.8 Å². The fraction of sp³-hybridized carbons (Fsp3) is 0.308. The van der Waals surface area contributed by atoms with Crippen molar-refractivity contribution in [3.63, 3.8) is 0 Å². The van der Waals surface area contributed by atoms with E-state index in [1.807, 2.05) is 32.9 Å². The van der Waals surface area contributed by atoms with Gasteiger partial charge in [0.1, 0.15) is 13.4 Å². The molecule has 0 bridgehead atoms. The van der Waals surface area contributed by atoms with Gasteiger partial charge in [-0.25, -0.2) is 4.79 Å². The minimum Gasteiger partial charge on any atom is -0.443 e. The molecule has 0 atom stereocenters. The summed E-state index contributed by atoms with van der Waals surface area (Å²) in [6.45, 7) is 5.46. The van der Waals surface area contributed by atoms with Crippen molar-refractivity contribution in [2.24, 2.45) is 0 Å². The Morgan fingerprint density at radius 2 is 1.79 bits per heavy atom. The van der Waals surface area contributed by atoms with Crippen LogP contribution in [0.25, 0.3) is 10.9 Å². The molecule has 3 nitrogen and oxygen atoms in total. The van der Waals surface area contributed by atoms with Crippen LogP contribution in [0, 0.1) is 0 Å². The zero-order valence-electron chi connectivity index (χ0n) is 10.8. The summed E-state index contributed by atoms with van der Waals surface area (Å²) in [4.78, 5) is 12.2. The number of rotatable bonds is 0. The number of carbonyl (C=O) groups excluding carboxylic acids is 1. The molecule has 6 heteroatoms. The van der Waals surface area contributed by atoms with Gasteiger partial charge in [0.25, 0.3) is 0 Å². The summed E-state index contributed by atoms with van der Waals surface area (Å²) >= 11 is 6.84. The number of aromatic nitrogens is 1.